The number of carbonyl (C=O) groups is 1. The van der Waals surface area contributed by atoms with Gasteiger partial charge in [-0.3, -0.25) is 15.1 Å². The number of anilines is 1. The largest absolute Gasteiger partial charge is 0.296 e. The van der Waals surface area contributed by atoms with E-state index in [-0.39, 0.29) is 5.91 Å². The first-order valence-corrected chi connectivity index (χ1v) is 7.25. The van der Waals surface area contributed by atoms with E-state index in [0.717, 1.165) is 18.5 Å². The molecule has 0 saturated heterocycles. The lowest BCUT2D eigenvalue weighted by Crippen LogP contribution is -2.13. The van der Waals surface area contributed by atoms with Crippen molar-refractivity contribution in [3.63, 3.8) is 0 Å². The molecular weight excluding hydrogens is 258 g/mol. The predicted molar refractivity (Wildman–Crippen MR) is 75.5 cm³/mol. The van der Waals surface area contributed by atoms with Crippen molar-refractivity contribution in [1.82, 2.24) is 9.97 Å². The number of rotatable bonds is 2. The molecule has 19 heavy (non-hydrogen) atoms. The highest BCUT2D eigenvalue weighted by molar-refractivity contribution is 7.15. The summed E-state index contributed by atoms with van der Waals surface area (Å²) in [6.45, 7) is 2.26. The molecule has 0 radical (unpaired) electrons. The Kier molecular flexibility index (Phi) is 3.29. The molecule has 2 heterocycles. The Bertz CT molecular complexity index is 594. The van der Waals surface area contributed by atoms with Crippen LogP contribution < -0.4 is 5.32 Å². The summed E-state index contributed by atoms with van der Waals surface area (Å²) in [5, 5.41) is 3.53. The number of aryl methyl sites for hydroxylation is 1. The molecule has 0 spiro atoms. The molecule has 0 aromatic carbocycles. The molecule has 2 aromatic rings. The molecule has 3 rings (SSSR count). The third kappa shape index (κ3) is 2.66. The number of amides is 1. The van der Waals surface area contributed by atoms with E-state index in [2.05, 4.69) is 22.2 Å². The molecule has 4 nitrogen and oxygen atoms in total. The fourth-order valence-electron chi connectivity index (χ4n) is 2.25. The van der Waals surface area contributed by atoms with Crippen LogP contribution in [-0.4, -0.2) is 15.9 Å². The van der Waals surface area contributed by atoms with Crippen LogP contribution in [-0.2, 0) is 12.8 Å². The molecule has 98 valence electrons. The zero-order valence-corrected chi connectivity index (χ0v) is 11.5. The first-order chi connectivity index (χ1) is 9.22. The fourth-order valence-corrected chi connectivity index (χ4v) is 3.42. The lowest BCUT2D eigenvalue weighted by molar-refractivity contribution is 0.102. The van der Waals surface area contributed by atoms with Gasteiger partial charge in [-0.15, -0.1) is 11.3 Å². The number of hydrogen-bond acceptors (Lipinski definition) is 4. The van der Waals surface area contributed by atoms with Gasteiger partial charge >= 0.3 is 0 Å². The van der Waals surface area contributed by atoms with E-state index in [1.807, 2.05) is 0 Å². The zero-order valence-electron chi connectivity index (χ0n) is 10.7. The molecule has 0 fully saturated rings. The Labute approximate surface area is 115 Å². The molecule has 0 bridgehead atoms. The topological polar surface area (TPSA) is 54.9 Å². The van der Waals surface area contributed by atoms with Crippen LogP contribution in [0.4, 0.5) is 5.13 Å². The number of carbonyl (C=O) groups excluding carboxylic acids is 1. The van der Waals surface area contributed by atoms with Crippen molar-refractivity contribution in [3.8, 4) is 0 Å². The van der Waals surface area contributed by atoms with Crippen molar-refractivity contribution in [2.45, 2.75) is 26.2 Å². The van der Waals surface area contributed by atoms with Crippen LogP contribution in [0.2, 0.25) is 0 Å². The lowest BCUT2D eigenvalue weighted by Gasteiger charge is -2.15. The number of aromatic nitrogens is 2. The Morgan fingerprint density at radius 3 is 3.16 bits per heavy atom. The minimum absolute atomic E-state index is 0.195. The molecule has 2 aromatic heterocycles. The maximum atomic E-state index is 12.0. The van der Waals surface area contributed by atoms with Gasteiger partial charge in [-0.05, 0) is 37.3 Å². The van der Waals surface area contributed by atoms with Gasteiger partial charge in [0.2, 0.25) is 0 Å². The summed E-state index contributed by atoms with van der Waals surface area (Å²) < 4.78 is 0. The van der Waals surface area contributed by atoms with E-state index in [1.165, 1.54) is 11.3 Å². The van der Waals surface area contributed by atoms with E-state index in [1.54, 1.807) is 35.7 Å². The van der Waals surface area contributed by atoms with Crippen LogP contribution in [0.1, 0.15) is 34.4 Å². The number of hydrogen-bond donors (Lipinski definition) is 1. The van der Waals surface area contributed by atoms with E-state index in [4.69, 9.17) is 0 Å². The minimum Gasteiger partial charge on any atom is -0.296 e. The molecule has 1 N–H and O–H groups in total. The van der Waals surface area contributed by atoms with Crippen molar-refractivity contribution in [2.24, 2.45) is 5.92 Å². The molecule has 1 aliphatic carbocycles. The smallest absolute Gasteiger partial charge is 0.276 e. The molecule has 0 saturated carbocycles. The van der Waals surface area contributed by atoms with Crippen molar-refractivity contribution >= 4 is 22.4 Å². The van der Waals surface area contributed by atoms with Crippen molar-refractivity contribution in [3.05, 3.63) is 40.7 Å². The second-order valence-corrected chi connectivity index (χ2v) is 5.99. The summed E-state index contributed by atoms with van der Waals surface area (Å²) >= 11 is 1.59. The van der Waals surface area contributed by atoms with E-state index in [0.29, 0.717) is 16.7 Å². The third-order valence-electron chi connectivity index (χ3n) is 3.30. The van der Waals surface area contributed by atoms with Crippen LogP contribution in [0.3, 0.4) is 0 Å². The molecule has 0 unspecified atom stereocenters. The van der Waals surface area contributed by atoms with Gasteiger partial charge in [-0.1, -0.05) is 13.0 Å². The predicted octanol–water partition coefficient (Wildman–Crippen LogP) is 2.92. The maximum Gasteiger partial charge on any atom is 0.276 e. The molecular formula is C14H15N3OS. The van der Waals surface area contributed by atoms with Gasteiger partial charge in [-0.2, -0.15) is 0 Å². The second-order valence-electron chi connectivity index (χ2n) is 4.91. The highest BCUT2D eigenvalue weighted by atomic mass is 32.1. The summed E-state index contributed by atoms with van der Waals surface area (Å²) in [4.78, 5) is 21.8. The van der Waals surface area contributed by atoms with Gasteiger partial charge in [-0.25, -0.2) is 4.98 Å². The number of fused-ring (bicyclic) bond motifs is 1. The summed E-state index contributed by atoms with van der Waals surface area (Å²) in [6, 6.07) is 5.29. The van der Waals surface area contributed by atoms with Crippen molar-refractivity contribution in [2.75, 3.05) is 5.32 Å². The third-order valence-corrected chi connectivity index (χ3v) is 4.34. The molecule has 5 heteroatoms. The normalized spacial score (nSPS) is 17.8. The van der Waals surface area contributed by atoms with Gasteiger partial charge in [0.15, 0.2) is 5.13 Å². The van der Waals surface area contributed by atoms with E-state index in [9.17, 15) is 4.79 Å². The van der Waals surface area contributed by atoms with Crippen LogP contribution in [0, 0.1) is 5.92 Å². The minimum atomic E-state index is -0.195. The lowest BCUT2D eigenvalue weighted by atomic mass is 9.93. The maximum absolute atomic E-state index is 12.0. The first-order valence-electron chi connectivity index (χ1n) is 6.43. The summed E-state index contributed by atoms with van der Waals surface area (Å²) in [7, 11) is 0. The molecule has 0 aliphatic heterocycles. The average Bonchev–Trinajstić information content (AvgIpc) is 2.81. The molecule has 1 atom stereocenters. The van der Waals surface area contributed by atoms with E-state index < -0.39 is 0 Å². The summed E-state index contributed by atoms with van der Waals surface area (Å²) in [5.41, 5.74) is 1.57. The fraction of sp³-hybridized carbons (Fsp3) is 0.357. The number of thiazole rings is 1. The highest BCUT2D eigenvalue weighted by Crippen LogP contribution is 2.32. The van der Waals surface area contributed by atoms with Gasteiger partial charge in [0.05, 0.1) is 5.69 Å². The second kappa shape index (κ2) is 5.09. The number of pyridine rings is 1. The van der Waals surface area contributed by atoms with Gasteiger partial charge in [0.1, 0.15) is 5.69 Å². The Hall–Kier alpha value is -1.75. The Morgan fingerprint density at radius 2 is 2.37 bits per heavy atom. The summed E-state index contributed by atoms with van der Waals surface area (Å²) in [5.74, 6) is 0.520. The van der Waals surface area contributed by atoms with Crippen molar-refractivity contribution in [1.29, 1.82) is 0 Å². The Balaban J connectivity index is 1.76. The van der Waals surface area contributed by atoms with Gasteiger partial charge < -0.3 is 0 Å². The summed E-state index contributed by atoms with van der Waals surface area (Å²) in [6.07, 6.45) is 4.90. The first kappa shape index (κ1) is 12.3. The van der Waals surface area contributed by atoms with Crippen LogP contribution in [0.25, 0.3) is 0 Å². The quantitative estimate of drug-likeness (QED) is 0.915. The molecule has 1 amide bonds. The van der Waals surface area contributed by atoms with Gasteiger partial charge in [0.25, 0.3) is 5.91 Å². The zero-order chi connectivity index (χ0) is 13.2. The van der Waals surface area contributed by atoms with Crippen LogP contribution in [0.5, 0.6) is 0 Å². The molecule has 1 aliphatic rings. The van der Waals surface area contributed by atoms with Crippen molar-refractivity contribution < 1.29 is 4.79 Å². The monoisotopic (exact) mass is 273 g/mol. The van der Waals surface area contributed by atoms with E-state index >= 15 is 0 Å². The Morgan fingerprint density at radius 1 is 1.47 bits per heavy atom. The highest BCUT2D eigenvalue weighted by Gasteiger charge is 2.20. The standard InChI is InChI=1S/C14H15N3OS/c1-9-5-6-10-12(8-9)19-14(16-10)17-13(18)11-4-2-3-7-15-11/h2-4,7,9H,5-6,8H2,1H3,(H,16,17,18)/t9-/m0/s1. The SMILES string of the molecule is C[C@H]1CCc2nc(NC(=O)c3ccccn3)sc2C1. The van der Waals surface area contributed by atoms with Gasteiger partial charge in [0, 0.05) is 11.1 Å². The van der Waals surface area contributed by atoms with Crippen LogP contribution in [0.15, 0.2) is 24.4 Å². The number of nitrogens with one attached hydrogen (secondary N) is 1. The van der Waals surface area contributed by atoms with Crippen LogP contribution >= 0.6 is 11.3 Å². The number of nitrogens with zero attached hydrogens (tertiary/aromatic N) is 2. The average molecular weight is 273 g/mol.